The normalized spacial score (nSPS) is 11.3. The summed E-state index contributed by atoms with van der Waals surface area (Å²) < 4.78 is 5.20. The molecule has 2 rings (SSSR count). The molecule has 0 bridgehead atoms. The van der Waals surface area contributed by atoms with Gasteiger partial charge in [0.1, 0.15) is 11.8 Å². The molecule has 0 radical (unpaired) electrons. The summed E-state index contributed by atoms with van der Waals surface area (Å²) >= 11 is 0. The molecule has 0 fully saturated rings. The number of rotatable bonds is 8. The number of carbonyl (C=O) groups is 3. The van der Waals surface area contributed by atoms with Crippen LogP contribution in [0.2, 0.25) is 0 Å². The fraction of sp³-hybridized carbons (Fsp3) is 0.222. The topological polar surface area (TPSA) is 88.6 Å². The van der Waals surface area contributed by atoms with Crippen molar-refractivity contribution in [3.63, 3.8) is 0 Å². The lowest BCUT2D eigenvalue weighted by Crippen LogP contribution is -2.45. The second-order valence-corrected chi connectivity index (χ2v) is 5.23. The Balaban J connectivity index is 2.08. The van der Waals surface area contributed by atoms with Crippen LogP contribution in [0.3, 0.4) is 0 Å². The average Bonchev–Trinajstić information content (AvgIpc) is 2.67. The second kappa shape index (κ2) is 8.58. The van der Waals surface area contributed by atoms with Crippen molar-refractivity contribution in [2.75, 3.05) is 12.0 Å². The highest BCUT2D eigenvalue weighted by Crippen LogP contribution is 2.28. The monoisotopic (exact) mass is 341 g/mol. The number of nitrogens with zero attached hydrogens (tertiary/aromatic N) is 2. The van der Waals surface area contributed by atoms with Crippen LogP contribution < -0.4 is 15.0 Å². The van der Waals surface area contributed by atoms with Crippen LogP contribution >= 0.6 is 0 Å². The number of methoxy groups -OCH3 is 1. The van der Waals surface area contributed by atoms with E-state index in [1.54, 1.807) is 48.7 Å². The van der Waals surface area contributed by atoms with Crippen molar-refractivity contribution in [1.82, 2.24) is 10.3 Å². The van der Waals surface area contributed by atoms with Gasteiger partial charge >= 0.3 is 0 Å². The van der Waals surface area contributed by atoms with Crippen LogP contribution in [0.15, 0.2) is 48.7 Å². The van der Waals surface area contributed by atoms with E-state index in [4.69, 9.17) is 4.74 Å². The Bertz CT molecular complexity index is 749. The molecule has 1 atom stereocenters. The van der Waals surface area contributed by atoms with Crippen LogP contribution in [-0.2, 0) is 20.9 Å². The highest BCUT2D eigenvalue weighted by atomic mass is 16.5. The van der Waals surface area contributed by atoms with E-state index < -0.39 is 17.7 Å². The standard InChI is InChI=1S/C18H19N3O4/c1-13(21(12-22)15-8-3-4-9-16(15)25-2)17(23)18(24)20-11-14-7-5-6-10-19-14/h3-10,12-13H,11H2,1-2H3,(H,20,24). The number of carbonyl (C=O) groups excluding carboxylic acids is 3. The minimum absolute atomic E-state index is 0.133. The van der Waals surface area contributed by atoms with Crippen molar-refractivity contribution in [3.8, 4) is 5.75 Å². The first-order chi connectivity index (χ1) is 12.1. The molecule has 7 heteroatoms. The van der Waals surface area contributed by atoms with E-state index in [0.29, 0.717) is 23.5 Å². The molecular weight excluding hydrogens is 322 g/mol. The van der Waals surface area contributed by atoms with Gasteiger partial charge in [-0.05, 0) is 31.2 Å². The Morgan fingerprint density at radius 2 is 1.96 bits per heavy atom. The lowest BCUT2D eigenvalue weighted by atomic mass is 10.1. The number of hydrogen-bond acceptors (Lipinski definition) is 5. The molecule has 1 heterocycles. The smallest absolute Gasteiger partial charge is 0.289 e. The van der Waals surface area contributed by atoms with Crippen LogP contribution in [0.25, 0.3) is 0 Å². The summed E-state index contributed by atoms with van der Waals surface area (Å²) in [6.45, 7) is 1.62. The van der Waals surface area contributed by atoms with Gasteiger partial charge in [0, 0.05) is 6.20 Å². The highest BCUT2D eigenvalue weighted by Gasteiger charge is 2.28. The predicted molar refractivity (Wildman–Crippen MR) is 92.1 cm³/mol. The molecule has 1 N–H and O–H groups in total. The molecule has 2 aromatic rings. The molecule has 2 amide bonds. The van der Waals surface area contributed by atoms with Gasteiger partial charge in [0.15, 0.2) is 0 Å². The second-order valence-electron chi connectivity index (χ2n) is 5.23. The van der Waals surface area contributed by atoms with Gasteiger partial charge in [0.05, 0.1) is 25.0 Å². The number of anilines is 1. The molecule has 0 aliphatic rings. The van der Waals surface area contributed by atoms with Gasteiger partial charge in [-0.3, -0.25) is 19.4 Å². The first-order valence-electron chi connectivity index (χ1n) is 7.67. The van der Waals surface area contributed by atoms with Gasteiger partial charge in [-0.1, -0.05) is 18.2 Å². The summed E-state index contributed by atoms with van der Waals surface area (Å²) in [5.74, 6) is -1.07. The van der Waals surface area contributed by atoms with Crippen molar-refractivity contribution in [2.24, 2.45) is 0 Å². The number of ketones is 1. The number of benzene rings is 1. The van der Waals surface area contributed by atoms with Gasteiger partial charge < -0.3 is 15.0 Å². The zero-order valence-corrected chi connectivity index (χ0v) is 14.0. The number of nitrogens with one attached hydrogen (secondary N) is 1. The maximum Gasteiger partial charge on any atom is 0.289 e. The fourth-order valence-electron chi connectivity index (χ4n) is 2.28. The summed E-state index contributed by atoms with van der Waals surface area (Å²) in [4.78, 5) is 41.2. The quantitative estimate of drug-likeness (QED) is 0.578. The molecule has 1 aromatic carbocycles. The van der Waals surface area contributed by atoms with Crippen molar-refractivity contribution < 1.29 is 19.1 Å². The van der Waals surface area contributed by atoms with Gasteiger partial charge in [0.2, 0.25) is 12.2 Å². The van der Waals surface area contributed by atoms with E-state index in [0.717, 1.165) is 0 Å². The fourth-order valence-corrected chi connectivity index (χ4v) is 2.28. The Morgan fingerprint density at radius 1 is 1.24 bits per heavy atom. The summed E-state index contributed by atoms with van der Waals surface area (Å²) in [6, 6.07) is 11.1. The first-order valence-corrected chi connectivity index (χ1v) is 7.67. The number of aromatic nitrogens is 1. The van der Waals surface area contributed by atoms with Crippen LogP contribution in [-0.4, -0.2) is 36.2 Å². The van der Waals surface area contributed by atoms with E-state index in [9.17, 15) is 14.4 Å². The van der Waals surface area contributed by atoms with Crippen LogP contribution in [0.1, 0.15) is 12.6 Å². The van der Waals surface area contributed by atoms with E-state index in [2.05, 4.69) is 10.3 Å². The number of Topliss-reactive ketones (excluding diaryl/α,β-unsaturated/α-hetero) is 1. The Kier molecular flexibility index (Phi) is 6.22. The molecular formula is C18H19N3O4. The van der Waals surface area contributed by atoms with Crippen molar-refractivity contribution in [3.05, 3.63) is 54.4 Å². The van der Waals surface area contributed by atoms with Crippen molar-refractivity contribution in [2.45, 2.75) is 19.5 Å². The van der Waals surface area contributed by atoms with E-state index in [1.165, 1.54) is 18.9 Å². The maximum atomic E-state index is 12.4. The Morgan fingerprint density at radius 3 is 2.60 bits per heavy atom. The number of pyridine rings is 1. The van der Waals surface area contributed by atoms with Crippen LogP contribution in [0.4, 0.5) is 5.69 Å². The first kappa shape index (κ1) is 18.1. The number of para-hydroxylation sites is 2. The Hall–Kier alpha value is -3.22. The van der Waals surface area contributed by atoms with E-state index in [1.807, 2.05) is 0 Å². The van der Waals surface area contributed by atoms with Crippen molar-refractivity contribution >= 4 is 23.8 Å². The summed E-state index contributed by atoms with van der Waals surface area (Å²) in [5.41, 5.74) is 1.05. The SMILES string of the molecule is COc1ccccc1N(C=O)C(C)C(=O)C(=O)NCc1ccccn1. The van der Waals surface area contributed by atoms with Gasteiger partial charge in [-0.2, -0.15) is 0 Å². The molecule has 0 spiro atoms. The largest absolute Gasteiger partial charge is 0.495 e. The van der Waals surface area contributed by atoms with Gasteiger partial charge in [-0.25, -0.2) is 0 Å². The van der Waals surface area contributed by atoms with Crippen molar-refractivity contribution in [1.29, 1.82) is 0 Å². The molecule has 1 unspecified atom stereocenters. The van der Waals surface area contributed by atoms with E-state index >= 15 is 0 Å². The minimum atomic E-state index is -0.975. The van der Waals surface area contributed by atoms with Gasteiger partial charge in [-0.15, -0.1) is 0 Å². The molecule has 1 aromatic heterocycles. The van der Waals surface area contributed by atoms with Crippen LogP contribution in [0, 0.1) is 0 Å². The van der Waals surface area contributed by atoms with Gasteiger partial charge in [0.25, 0.3) is 5.91 Å². The third-order valence-corrected chi connectivity index (χ3v) is 3.65. The highest BCUT2D eigenvalue weighted by molar-refractivity contribution is 6.39. The summed E-state index contributed by atoms with van der Waals surface area (Å²) in [5, 5.41) is 2.51. The lowest BCUT2D eigenvalue weighted by molar-refractivity contribution is -0.138. The number of amides is 2. The molecule has 0 saturated heterocycles. The number of hydrogen-bond donors (Lipinski definition) is 1. The zero-order chi connectivity index (χ0) is 18.2. The molecule has 7 nitrogen and oxygen atoms in total. The summed E-state index contributed by atoms with van der Waals surface area (Å²) in [7, 11) is 1.47. The third-order valence-electron chi connectivity index (χ3n) is 3.65. The number of ether oxygens (including phenoxy) is 1. The molecule has 25 heavy (non-hydrogen) atoms. The molecule has 130 valence electrons. The molecule has 0 aliphatic heterocycles. The lowest BCUT2D eigenvalue weighted by Gasteiger charge is -2.25. The third kappa shape index (κ3) is 4.41. The maximum absolute atomic E-state index is 12.4. The zero-order valence-electron chi connectivity index (χ0n) is 14.0. The van der Waals surface area contributed by atoms with E-state index in [-0.39, 0.29) is 6.54 Å². The van der Waals surface area contributed by atoms with Crippen LogP contribution in [0.5, 0.6) is 5.75 Å². The molecule has 0 aliphatic carbocycles. The minimum Gasteiger partial charge on any atom is -0.495 e. The Labute approximate surface area is 145 Å². The average molecular weight is 341 g/mol. The molecule has 0 saturated carbocycles. The summed E-state index contributed by atoms with van der Waals surface area (Å²) in [6.07, 6.45) is 2.11. The predicted octanol–water partition coefficient (Wildman–Crippen LogP) is 1.33.